The first-order valence-corrected chi connectivity index (χ1v) is 6.55. The molecule has 20 heavy (non-hydrogen) atoms. The molecule has 1 fully saturated rings. The van der Waals surface area contributed by atoms with Crippen LogP contribution in [0.5, 0.6) is 0 Å². The molecule has 1 heterocycles. The van der Waals surface area contributed by atoms with Gasteiger partial charge in [-0.05, 0) is 43.0 Å². The Hall–Kier alpha value is -2.17. The maximum absolute atomic E-state index is 13.0. The Morgan fingerprint density at radius 1 is 1.35 bits per heavy atom. The smallest absolute Gasteiger partial charge is 0.326 e. The Kier molecular flexibility index (Phi) is 4.50. The maximum atomic E-state index is 13.0. The zero-order chi connectivity index (χ0) is 14.5. The lowest BCUT2D eigenvalue weighted by Crippen LogP contribution is -2.47. The fourth-order valence-electron chi connectivity index (χ4n) is 2.33. The van der Waals surface area contributed by atoms with Crippen LogP contribution in [-0.2, 0) is 9.59 Å². The third-order valence-electron chi connectivity index (χ3n) is 3.34. The van der Waals surface area contributed by atoms with Crippen molar-refractivity contribution < 1.29 is 19.1 Å². The highest BCUT2D eigenvalue weighted by Crippen LogP contribution is 2.18. The predicted molar refractivity (Wildman–Crippen MR) is 72.4 cm³/mol. The van der Waals surface area contributed by atoms with Crippen molar-refractivity contribution in [2.75, 3.05) is 6.54 Å². The van der Waals surface area contributed by atoms with Crippen molar-refractivity contribution in [1.29, 1.82) is 0 Å². The first-order valence-electron chi connectivity index (χ1n) is 6.55. The molecule has 0 bridgehead atoms. The number of halogens is 1. The summed E-state index contributed by atoms with van der Waals surface area (Å²) in [5, 5.41) is 9.11. The Labute approximate surface area is 116 Å². The molecule has 0 radical (unpaired) electrons. The molecule has 0 aromatic heterocycles. The van der Waals surface area contributed by atoms with Crippen molar-refractivity contribution in [3.8, 4) is 0 Å². The largest absolute Gasteiger partial charge is 0.480 e. The van der Waals surface area contributed by atoms with Gasteiger partial charge in [-0.15, -0.1) is 0 Å². The number of amides is 1. The van der Waals surface area contributed by atoms with Crippen LogP contribution in [0, 0.1) is 5.82 Å². The van der Waals surface area contributed by atoms with E-state index in [0.29, 0.717) is 18.5 Å². The van der Waals surface area contributed by atoms with E-state index >= 15 is 0 Å². The Balaban J connectivity index is 2.08. The second-order valence-electron chi connectivity index (χ2n) is 4.77. The lowest BCUT2D eigenvalue weighted by Gasteiger charge is -2.32. The summed E-state index contributed by atoms with van der Waals surface area (Å²) >= 11 is 0. The standard InChI is InChI=1S/C15H16FNO3/c16-12-5-3-4-11(10-12)7-8-14(18)17-9-2-1-6-13(17)15(19)20/h3-5,7-8,10,13H,1-2,6,9H2,(H,19,20). The molecule has 1 aromatic rings. The molecule has 1 N–H and O–H groups in total. The van der Waals surface area contributed by atoms with Crippen LogP contribution in [0.25, 0.3) is 6.08 Å². The zero-order valence-corrected chi connectivity index (χ0v) is 11.0. The summed E-state index contributed by atoms with van der Waals surface area (Å²) in [5.74, 6) is -1.69. The van der Waals surface area contributed by atoms with E-state index in [-0.39, 0.29) is 11.7 Å². The number of aliphatic carboxylic acids is 1. The predicted octanol–water partition coefficient (Wildman–Crippen LogP) is 2.30. The normalized spacial score (nSPS) is 19.2. The lowest BCUT2D eigenvalue weighted by atomic mass is 10.0. The van der Waals surface area contributed by atoms with Gasteiger partial charge in [0.15, 0.2) is 0 Å². The topological polar surface area (TPSA) is 57.6 Å². The van der Waals surface area contributed by atoms with Crippen molar-refractivity contribution in [1.82, 2.24) is 4.90 Å². The highest BCUT2D eigenvalue weighted by Gasteiger charge is 2.30. The van der Waals surface area contributed by atoms with Crippen LogP contribution in [0.4, 0.5) is 4.39 Å². The van der Waals surface area contributed by atoms with Crippen molar-refractivity contribution in [3.63, 3.8) is 0 Å². The maximum Gasteiger partial charge on any atom is 0.326 e. The molecular weight excluding hydrogens is 261 g/mol. The summed E-state index contributed by atoms with van der Waals surface area (Å²) < 4.78 is 13.0. The minimum absolute atomic E-state index is 0.346. The fraction of sp³-hybridized carbons (Fsp3) is 0.333. The van der Waals surface area contributed by atoms with Gasteiger partial charge in [-0.3, -0.25) is 4.79 Å². The van der Waals surface area contributed by atoms with E-state index in [1.165, 1.54) is 29.2 Å². The number of likely N-dealkylation sites (tertiary alicyclic amines) is 1. The summed E-state index contributed by atoms with van der Waals surface area (Å²) in [5.41, 5.74) is 0.572. The van der Waals surface area contributed by atoms with Crippen LogP contribution in [0.2, 0.25) is 0 Å². The van der Waals surface area contributed by atoms with Gasteiger partial charge in [0.05, 0.1) is 0 Å². The van der Waals surface area contributed by atoms with E-state index in [4.69, 9.17) is 5.11 Å². The number of hydrogen-bond acceptors (Lipinski definition) is 2. The second-order valence-corrected chi connectivity index (χ2v) is 4.77. The molecule has 4 nitrogen and oxygen atoms in total. The first kappa shape index (κ1) is 14.2. The molecule has 1 aromatic carbocycles. The number of rotatable bonds is 3. The van der Waals surface area contributed by atoms with Gasteiger partial charge < -0.3 is 10.0 Å². The van der Waals surface area contributed by atoms with Crippen molar-refractivity contribution in [2.24, 2.45) is 0 Å². The highest BCUT2D eigenvalue weighted by atomic mass is 19.1. The Morgan fingerprint density at radius 3 is 2.85 bits per heavy atom. The van der Waals surface area contributed by atoms with Gasteiger partial charge in [0.1, 0.15) is 11.9 Å². The molecule has 0 saturated carbocycles. The number of carboxylic acid groups (broad SMARTS) is 1. The van der Waals surface area contributed by atoms with Gasteiger partial charge in [-0.2, -0.15) is 0 Å². The van der Waals surface area contributed by atoms with E-state index in [1.54, 1.807) is 12.1 Å². The minimum Gasteiger partial charge on any atom is -0.480 e. The molecule has 2 rings (SSSR count). The van der Waals surface area contributed by atoms with Crippen LogP contribution < -0.4 is 0 Å². The number of benzene rings is 1. The summed E-state index contributed by atoms with van der Waals surface area (Å²) in [6.45, 7) is 0.448. The number of carbonyl (C=O) groups excluding carboxylic acids is 1. The molecule has 106 valence electrons. The summed E-state index contributed by atoms with van der Waals surface area (Å²) in [4.78, 5) is 24.5. The lowest BCUT2D eigenvalue weighted by molar-refractivity contribution is -0.150. The first-order chi connectivity index (χ1) is 9.58. The van der Waals surface area contributed by atoms with Gasteiger partial charge in [0.25, 0.3) is 0 Å². The molecule has 1 atom stereocenters. The van der Waals surface area contributed by atoms with Gasteiger partial charge in [0.2, 0.25) is 5.91 Å². The number of carboxylic acids is 1. The molecule has 1 saturated heterocycles. The molecule has 1 aliphatic heterocycles. The fourth-order valence-corrected chi connectivity index (χ4v) is 2.33. The van der Waals surface area contributed by atoms with Crippen LogP contribution in [-0.4, -0.2) is 34.5 Å². The average molecular weight is 277 g/mol. The van der Waals surface area contributed by atoms with Crippen LogP contribution in [0.1, 0.15) is 24.8 Å². The van der Waals surface area contributed by atoms with Crippen molar-refractivity contribution in [3.05, 3.63) is 41.7 Å². The third-order valence-corrected chi connectivity index (χ3v) is 3.34. The monoisotopic (exact) mass is 277 g/mol. The van der Waals surface area contributed by atoms with Crippen LogP contribution >= 0.6 is 0 Å². The Bertz CT molecular complexity index is 542. The molecule has 0 aliphatic carbocycles. The van der Waals surface area contributed by atoms with Crippen LogP contribution in [0.15, 0.2) is 30.3 Å². The SMILES string of the molecule is O=C(O)C1CCCCN1C(=O)C=Cc1cccc(F)c1. The molecule has 0 spiro atoms. The quantitative estimate of drug-likeness (QED) is 0.862. The van der Waals surface area contributed by atoms with Gasteiger partial charge in [0, 0.05) is 12.6 Å². The van der Waals surface area contributed by atoms with E-state index in [0.717, 1.165) is 12.8 Å². The molecular formula is C15H16FNO3. The van der Waals surface area contributed by atoms with E-state index in [9.17, 15) is 14.0 Å². The van der Waals surface area contributed by atoms with E-state index in [1.807, 2.05) is 0 Å². The number of piperidine rings is 1. The number of nitrogens with zero attached hydrogens (tertiary/aromatic N) is 1. The highest BCUT2D eigenvalue weighted by molar-refractivity contribution is 5.94. The Morgan fingerprint density at radius 2 is 2.15 bits per heavy atom. The summed E-state index contributed by atoms with van der Waals surface area (Å²) in [6, 6.07) is 5.12. The molecule has 1 amide bonds. The molecule has 5 heteroatoms. The van der Waals surface area contributed by atoms with E-state index < -0.39 is 12.0 Å². The number of hydrogen-bond donors (Lipinski definition) is 1. The minimum atomic E-state index is -0.975. The van der Waals surface area contributed by atoms with Gasteiger partial charge in [-0.25, -0.2) is 9.18 Å². The number of carbonyl (C=O) groups is 2. The van der Waals surface area contributed by atoms with Crippen molar-refractivity contribution >= 4 is 18.0 Å². The molecule has 1 unspecified atom stereocenters. The van der Waals surface area contributed by atoms with Crippen molar-refractivity contribution in [2.45, 2.75) is 25.3 Å². The van der Waals surface area contributed by atoms with E-state index in [2.05, 4.69) is 0 Å². The van der Waals surface area contributed by atoms with Gasteiger partial charge >= 0.3 is 5.97 Å². The zero-order valence-electron chi connectivity index (χ0n) is 11.0. The van der Waals surface area contributed by atoms with Gasteiger partial charge in [-0.1, -0.05) is 12.1 Å². The second kappa shape index (κ2) is 6.32. The summed E-state index contributed by atoms with van der Waals surface area (Å²) in [6.07, 6.45) is 4.90. The third kappa shape index (κ3) is 3.44. The average Bonchev–Trinajstić information content (AvgIpc) is 2.45. The van der Waals surface area contributed by atoms with Crippen LogP contribution in [0.3, 0.4) is 0 Å². The summed E-state index contributed by atoms with van der Waals surface area (Å²) in [7, 11) is 0. The molecule has 1 aliphatic rings.